The molecular weight excluding hydrogens is 236 g/mol. The SMILES string of the molecule is Cc1ccc(C(C)C)cc1-c1cnc(CCCO)[nH]1. The van der Waals surface area contributed by atoms with Crippen molar-refractivity contribution in [3.63, 3.8) is 0 Å². The number of imidazole rings is 1. The molecule has 0 spiro atoms. The standard InChI is InChI=1S/C16H22N2O/c1-11(2)13-7-6-12(3)14(9-13)15-10-17-16(18-15)5-4-8-19/h6-7,9-11,19H,4-5,8H2,1-3H3,(H,17,18). The van der Waals surface area contributed by atoms with Crippen LogP contribution in [0.5, 0.6) is 0 Å². The summed E-state index contributed by atoms with van der Waals surface area (Å²) in [7, 11) is 0. The first-order chi connectivity index (χ1) is 9.11. The second-order valence-corrected chi connectivity index (χ2v) is 5.30. The van der Waals surface area contributed by atoms with Gasteiger partial charge in [-0.25, -0.2) is 4.98 Å². The maximum Gasteiger partial charge on any atom is 0.106 e. The second-order valence-electron chi connectivity index (χ2n) is 5.30. The topological polar surface area (TPSA) is 48.9 Å². The summed E-state index contributed by atoms with van der Waals surface area (Å²) in [6.07, 6.45) is 3.43. The smallest absolute Gasteiger partial charge is 0.106 e. The second kappa shape index (κ2) is 6.02. The van der Waals surface area contributed by atoms with Gasteiger partial charge in [0.25, 0.3) is 0 Å². The number of H-pyrrole nitrogens is 1. The van der Waals surface area contributed by atoms with Crippen molar-refractivity contribution in [2.75, 3.05) is 6.61 Å². The van der Waals surface area contributed by atoms with Gasteiger partial charge in [-0.05, 0) is 36.5 Å². The molecular formula is C16H22N2O. The number of hydrogen-bond acceptors (Lipinski definition) is 2. The minimum absolute atomic E-state index is 0.206. The molecule has 0 aliphatic heterocycles. The number of nitrogens with one attached hydrogen (secondary N) is 1. The summed E-state index contributed by atoms with van der Waals surface area (Å²) in [6.45, 7) is 6.73. The lowest BCUT2D eigenvalue weighted by atomic mass is 9.97. The van der Waals surface area contributed by atoms with Crippen LogP contribution in [-0.4, -0.2) is 21.7 Å². The fourth-order valence-corrected chi connectivity index (χ4v) is 2.16. The number of nitrogens with zero attached hydrogens (tertiary/aromatic N) is 1. The van der Waals surface area contributed by atoms with E-state index in [9.17, 15) is 0 Å². The van der Waals surface area contributed by atoms with E-state index in [0.29, 0.717) is 5.92 Å². The first-order valence-electron chi connectivity index (χ1n) is 6.87. The van der Waals surface area contributed by atoms with E-state index in [4.69, 9.17) is 5.11 Å². The average Bonchev–Trinajstić information content (AvgIpc) is 2.85. The van der Waals surface area contributed by atoms with Crippen molar-refractivity contribution in [1.82, 2.24) is 9.97 Å². The van der Waals surface area contributed by atoms with Gasteiger partial charge in [0.05, 0.1) is 11.9 Å². The van der Waals surface area contributed by atoms with E-state index in [-0.39, 0.29) is 6.61 Å². The van der Waals surface area contributed by atoms with Crippen LogP contribution in [0, 0.1) is 6.92 Å². The minimum Gasteiger partial charge on any atom is -0.396 e. The Balaban J connectivity index is 2.30. The predicted octanol–water partition coefficient (Wildman–Crippen LogP) is 3.43. The van der Waals surface area contributed by atoms with Gasteiger partial charge in [0.2, 0.25) is 0 Å². The Kier molecular flexibility index (Phi) is 4.38. The Morgan fingerprint density at radius 2 is 2.11 bits per heavy atom. The van der Waals surface area contributed by atoms with E-state index in [1.54, 1.807) is 0 Å². The Bertz CT molecular complexity index is 543. The van der Waals surface area contributed by atoms with Crippen molar-refractivity contribution in [3.05, 3.63) is 41.3 Å². The molecule has 0 aliphatic carbocycles. The third kappa shape index (κ3) is 3.24. The summed E-state index contributed by atoms with van der Waals surface area (Å²) in [5, 5.41) is 8.85. The Labute approximate surface area is 114 Å². The first-order valence-corrected chi connectivity index (χ1v) is 6.87. The van der Waals surface area contributed by atoms with Gasteiger partial charge in [-0.15, -0.1) is 0 Å². The van der Waals surface area contributed by atoms with Gasteiger partial charge >= 0.3 is 0 Å². The Morgan fingerprint density at radius 3 is 2.79 bits per heavy atom. The molecule has 0 fully saturated rings. The zero-order valence-corrected chi connectivity index (χ0v) is 11.9. The molecule has 102 valence electrons. The van der Waals surface area contributed by atoms with Crippen LogP contribution in [0.25, 0.3) is 11.3 Å². The summed E-state index contributed by atoms with van der Waals surface area (Å²) in [5.74, 6) is 1.47. The van der Waals surface area contributed by atoms with Gasteiger partial charge in [-0.2, -0.15) is 0 Å². The molecule has 3 heteroatoms. The highest BCUT2D eigenvalue weighted by molar-refractivity contribution is 5.64. The molecule has 2 N–H and O–H groups in total. The van der Waals surface area contributed by atoms with E-state index in [2.05, 4.69) is 48.9 Å². The number of hydrogen-bond donors (Lipinski definition) is 2. The number of aliphatic hydroxyl groups is 1. The predicted molar refractivity (Wildman–Crippen MR) is 78.3 cm³/mol. The highest BCUT2D eigenvalue weighted by atomic mass is 16.2. The van der Waals surface area contributed by atoms with Crippen molar-refractivity contribution in [2.24, 2.45) is 0 Å². The molecule has 0 bridgehead atoms. The number of aromatic nitrogens is 2. The minimum atomic E-state index is 0.206. The Hall–Kier alpha value is -1.61. The van der Waals surface area contributed by atoms with Crippen molar-refractivity contribution < 1.29 is 5.11 Å². The van der Waals surface area contributed by atoms with Gasteiger partial charge in [0.15, 0.2) is 0 Å². The first kappa shape index (κ1) is 13.8. The van der Waals surface area contributed by atoms with Crippen molar-refractivity contribution in [2.45, 2.75) is 39.5 Å². The van der Waals surface area contributed by atoms with Gasteiger partial charge in [0, 0.05) is 18.6 Å². The number of rotatable bonds is 5. The third-order valence-corrected chi connectivity index (χ3v) is 3.42. The van der Waals surface area contributed by atoms with Crippen LogP contribution in [0.3, 0.4) is 0 Å². The van der Waals surface area contributed by atoms with Gasteiger partial charge < -0.3 is 10.1 Å². The molecule has 1 heterocycles. The number of aliphatic hydroxyl groups excluding tert-OH is 1. The largest absolute Gasteiger partial charge is 0.396 e. The molecule has 19 heavy (non-hydrogen) atoms. The zero-order chi connectivity index (χ0) is 13.8. The monoisotopic (exact) mass is 258 g/mol. The molecule has 1 aromatic heterocycles. The number of benzene rings is 1. The quantitative estimate of drug-likeness (QED) is 0.863. The van der Waals surface area contributed by atoms with E-state index in [1.165, 1.54) is 16.7 Å². The molecule has 3 nitrogen and oxygen atoms in total. The molecule has 0 saturated heterocycles. The van der Waals surface area contributed by atoms with Crippen LogP contribution in [-0.2, 0) is 6.42 Å². The summed E-state index contributed by atoms with van der Waals surface area (Å²) in [6, 6.07) is 6.59. The fraction of sp³-hybridized carbons (Fsp3) is 0.438. The summed E-state index contributed by atoms with van der Waals surface area (Å²) in [4.78, 5) is 7.73. The maximum atomic E-state index is 8.85. The zero-order valence-electron chi connectivity index (χ0n) is 11.9. The molecule has 0 atom stereocenters. The van der Waals surface area contributed by atoms with Crippen molar-refractivity contribution >= 4 is 0 Å². The van der Waals surface area contributed by atoms with E-state index in [0.717, 1.165) is 24.4 Å². The lowest BCUT2D eigenvalue weighted by molar-refractivity contribution is 0.287. The van der Waals surface area contributed by atoms with Crippen LogP contribution in [0.2, 0.25) is 0 Å². The van der Waals surface area contributed by atoms with Crippen LogP contribution in [0.4, 0.5) is 0 Å². The van der Waals surface area contributed by atoms with Gasteiger partial charge in [0.1, 0.15) is 5.82 Å². The van der Waals surface area contributed by atoms with Crippen molar-refractivity contribution in [3.8, 4) is 11.3 Å². The summed E-state index contributed by atoms with van der Waals surface area (Å²) < 4.78 is 0. The molecule has 1 aromatic carbocycles. The highest BCUT2D eigenvalue weighted by Crippen LogP contribution is 2.26. The number of aromatic amines is 1. The lowest BCUT2D eigenvalue weighted by Gasteiger charge is -2.10. The molecule has 0 saturated carbocycles. The average molecular weight is 258 g/mol. The normalized spacial score (nSPS) is 11.2. The fourth-order valence-electron chi connectivity index (χ4n) is 2.16. The van der Waals surface area contributed by atoms with Crippen LogP contribution in [0.15, 0.2) is 24.4 Å². The number of aryl methyl sites for hydroxylation is 2. The van der Waals surface area contributed by atoms with E-state index < -0.39 is 0 Å². The van der Waals surface area contributed by atoms with E-state index >= 15 is 0 Å². The summed E-state index contributed by atoms with van der Waals surface area (Å²) >= 11 is 0. The Morgan fingerprint density at radius 1 is 1.32 bits per heavy atom. The molecule has 2 rings (SSSR count). The third-order valence-electron chi connectivity index (χ3n) is 3.42. The van der Waals surface area contributed by atoms with Crippen LogP contribution in [0.1, 0.15) is 43.1 Å². The van der Waals surface area contributed by atoms with Gasteiger partial charge in [-0.1, -0.05) is 26.0 Å². The molecule has 2 aromatic rings. The molecule has 0 radical (unpaired) electrons. The lowest BCUT2D eigenvalue weighted by Crippen LogP contribution is -1.93. The van der Waals surface area contributed by atoms with Gasteiger partial charge in [-0.3, -0.25) is 0 Å². The van der Waals surface area contributed by atoms with Crippen LogP contribution < -0.4 is 0 Å². The summed E-state index contributed by atoms with van der Waals surface area (Å²) in [5.41, 5.74) is 4.87. The van der Waals surface area contributed by atoms with E-state index in [1.807, 2.05) is 6.20 Å². The van der Waals surface area contributed by atoms with Crippen LogP contribution >= 0.6 is 0 Å². The molecule has 0 aliphatic rings. The van der Waals surface area contributed by atoms with Crippen molar-refractivity contribution in [1.29, 1.82) is 0 Å². The molecule has 0 amide bonds. The maximum absolute atomic E-state index is 8.85. The highest BCUT2D eigenvalue weighted by Gasteiger charge is 2.08. The molecule has 0 unspecified atom stereocenters.